The Labute approximate surface area is 115 Å². The fourth-order valence-electron chi connectivity index (χ4n) is 1.53. The van der Waals surface area contributed by atoms with Gasteiger partial charge in [0.15, 0.2) is 11.6 Å². The molecule has 0 amide bonds. The summed E-state index contributed by atoms with van der Waals surface area (Å²) in [7, 11) is 0. The molecule has 0 bridgehead atoms. The van der Waals surface area contributed by atoms with Crippen LogP contribution in [0.15, 0.2) is 24.4 Å². The maximum absolute atomic E-state index is 13.7. The first-order valence-corrected chi connectivity index (χ1v) is 6.16. The maximum Gasteiger partial charge on any atom is 0.224 e. The van der Waals surface area contributed by atoms with Gasteiger partial charge in [0.2, 0.25) is 5.28 Å². The van der Waals surface area contributed by atoms with E-state index in [0.29, 0.717) is 18.1 Å². The van der Waals surface area contributed by atoms with E-state index in [2.05, 4.69) is 15.3 Å². The van der Waals surface area contributed by atoms with Gasteiger partial charge in [0, 0.05) is 23.5 Å². The number of aromatic nitrogens is 2. The van der Waals surface area contributed by atoms with E-state index in [-0.39, 0.29) is 11.0 Å². The molecule has 2 aromatic rings. The van der Waals surface area contributed by atoms with E-state index < -0.39 is 5.82 Å². The molecule has 0 radical (unpaired) electrons. The number of hydrogen-bond acceptors (Lipinski definition) is 4. The van der Waals surface area contributed by atoms with E-state index in [4.69, 9.17) is 16.3 Å². The van der Waals surface area contributed by atoms with Crippen molar-refractivity contribution in [2.24, 2.45) is 0 Å². The number of nitrogens with zero attached hydrogens (tertiary/aromatic N) is 2. The first-order valence-electron chi connectivity index (χ1n) is 5.78. The fourth-order valence-corrected chi connectivity index (χ4v) is 1.67. The van der Waals surface area contributed by atoms with Crippen molar-refractivity contribution < 1.29 is 9.13 Å². The van der Waals surface area contributed by atoms with Crippen molar-refractivity contribution in [3.8, 4) is 5.75 Å². The average Bonchev–Trinajstić information content (AvgIpc) is 2.37. The highest BCUT2D eigenvalue weighted by molar-refractivity contribution is 6.28. The highest BCUT2D eigenvalue weighted by Crippen LogP contribution is 2.24. The summed E-state index contributed by atoms with van der Waals surface area (Å²) in [5, 5.41) is 3.13. The molecule has 1 N–H and O–H groups in total. The van der Waals surface area contributed by atoms with Crippen molar-refractivity contribution in [2.75, 3.05) is 11.9 Å². The summed E-state index contributed by atoms with van der Waals surface area (Å²) in [6.07, 6.45) is 1.60. The Bertz CT molecular complexity index is 592. The molecule has 4 nitrogen and oxygen atoms in total. The molecule has 0 aliphatic rings. The largest absolute Gasteiger partial charge is 0.491 e. The van der Waals surface area contributed by atoms with Crippen LogP contribution in [0.5, 0.6) is 5.75 Å². The monoisotopic (exact) mass is 281 g/mol. The molecule has 6 heteroatoms. The zero-order valence-electron chi connectivity index (χ0n) is 10.6. The Balaban J connectivity index is 2.24. The molecule has 19 heavy (non-hydrogen) atoms. The van der Waals surface area contributed by atoms with Crippen LogP contribution in [0, 0.1) is 12.7 Å². The molecule has 2 rings (SSSR count). The zero-order valence-corrected chi connectivity index (χ0v) is 11.3. The van der Waals surface area contributed by atoms with Crippen molar-refractivity contribution in [2.45, 2.75) is 13.8 Å². The third kappa shape index (κ3) is 3.32. The van der Waals surface area contributed by atoms with Crippen molar-refractivity contribution in [3.05, 3.63) is 41.1 Å². The minimum absolute atomic E-state index is 0.138. The van der Waals surface area contributed by atoms with Crippen LogP contribution in [0.4, 0.5) is 15.9 Å². The summed E-state index contributed by atoms with van der Waals surface area (Å²) >= 11 is 5.72. The van der Waals surface area contributed by atoms with Crippen LogP contribution in [-0.4, -0.2) is 16.6 Å². The SMILES string of the molecule is CCOc1ccc(Nc2nc(Cl)ncc2C)cc1F. The van der Waals surface area contributed by atoms with Crippen LogP contribution in [0.1, 0.15) is 12.5 Å². The molecule has 100 valence electrons. The number of aryl methyl sites for hydroxylation is 1. The summed E-state index contributed by atoms with van der Waals surface area (Å²) in [5.41, 5.74) is 1.39. The third-order valence-corrected chi connectivity index (χ3v) is 2.62. The van der Waals surface area contributed by atoms with Crippen LogP contribution in [0.2, 0.25) is 5.28 Å². The average molecular weight is 282 g/mol. The van der Waals surface area contributed by atoms with Gasteiger partial charge in [0.25, 0.3) is 0 Å². The molecule has 1 aromatic heterocycles. The van der Waals surface area contributed by atoms with E-state index in [1.54, 1.807) is 25.3 Å². The lowest BCUT2D eigenvalue weighted by Gasteiger charge is -2.10. The van der Waals surface area contributed by atoms with Gasteiger partial charge in [-0.15, -0.1) is 0 Å². The van der Waals surface area contributed by atoms with E-state index in [1.807, 2.05) is 6.92 Å². The first kappa shape index (κ1) is 13.5. The van der Waals surface area contributed by atoms with Crippen LogP contribution in [0.3, 0.4) is 0 Å². The molecule has 0 fully saturated rings. The Morgan fingerprint density at radius 1 is 1.42 bits per heavy atom. The van der Waals surface area contributed by atoms with Gasteiger partial charge in [0.1, 0.15) is 5.82 Å². The van der Waals surface area contributed by atoms with Crippen molar-refractivity contribution in [3.63, 3.8) is 0 Å². The Kier molecular flexibility index (Phi) is 4.16. The van der Waals surface area contributed by atoms with Crippen molar-refractivity contribution in [1.82, 2.24) is 9.97 Å². The molecule has 0 spiro atoms. The Hall–Kier alpha value is -1.88. The number of benzene rings is 1. The molecule has 0 saturated heterocycles. The number of hydrogen-bond donors (Lipinski definition) is 1. The van der Waals surface area contributed by atoms with Gasteiger partial charge in [0.05, 0.1) is 6.61 Å². The standard InChI is InChI=1S/C13H13ClFN3O/c1-3-19-11-5-4-9(6-10(11)15)17-12-8(2)7-16-13(14)18-12/h4-7H,3H2,1-2H3,(H,16,17,18). The molecule has 1 heterocycles. The second-order valence-electron chi connectivity index (χ2n) is 3.87. The van der Waals surface area contributed by atoms with Crippen LogP contribution < -0.4 is 10.1 Å². The van der Waals surface area contributed by atoms with Gasteiger partial charge in [-0.2, -0.15) is 0 Å². The normalized spacial score (nSPS) is 10.3. The van der Waals surface area contributed by atoms with Gasteiger partial charge < -0.3 is 10.1 Å². The lowest BCUT2D eigenvalue weighted by Crippen LogP contribution is -2.00. The van der Waals surface area contributed by atoms with Crippen LogP contribution in [-0.2, 0) is 0 Å². The topological polar surface area (TPSA) is 47.0 Å². The molecule has 0 unspecified atom stereocenters. The second kappa shape index (κ2) is 5.84. The summed E-state index contributed by atoms with van der Waals surface area (Å²) < 4.78 is 18.8. The Morgan fingerprint density at radius 2 is 2.21 bits per heavy atom. The summed E-state index contributed by atoms with van der Waals surface area (Å²) in [6.45, 7) is 4.06. The third-order valence-electron chi connectivity index (χ3n) is 2.44. The molecule has 0 saturated carbocycles. The predicted molar refractivity (Wildman–Crippen MR) is 72.6 cm³/mol. The molecule has 0 aliphatic carbocycles. The zero-order chi connectivity index (χ0) is 13.8. The number of nitrogens with one attached hydrogen (secondary N) is 1. The lowest BCUT2D eigenvalue weighted by atomic mass is 10.2. The molecule has 0 aliphatic heterocycles. The smallest absolute Gasteiger partial charge is 0.224 e. The van der Waals surface area contributed by atoms with E-state index in [0.717, 1.165) is 5.56 Å². The number of anilines is 2. The van der Waals surface area contributed by atoms with Gasteiger partial charge in [-0.25, -0.2) is 14.4 Å². The van der Waals surface area contributed by atoms with Gasteiger partial charge >= 0.3 is 0 Å². The number of rotatable bonds is 4. The predicted octanol–water partition coefficient (Wildman–Crippen LogP) is 3.72. The Morgan fingerprint density at radius 3 is 2.89 bits per heavy atom. The van der Waals surface area contributed by atoms with Gasteiger partial charge in [-0.3, -0.25) is 0 Å². The summed E-state index contributed by atoms with van der Waals surface area (Å²) in [4.78, 5) is 7.90. The number of halogens is 2. The summed E-state index contributed by atoms with van der Waals surface area (Å²) in [5.74, 6) is 0.346. The maximum atomic E-state index is 13.7. The fraction of sp³-hybridized carbons (Fsp3) is 0.231. The minimum Gasteiger partial charge on any atom is -0.491 e. The highest BCUT2D eigenvalue weighted by Gasteiger charge is 2.07. The second-order valence-corrected chi connectivity index (χ2v) is 4.21. The van der Waals surface area contributed by atoms with Gasteiger partial charge in [-0.1, -0.05) is 0 Å². The molecular weight excluding hydrogens is 269 g/mol. The first-order chi connectivity index (χ1) is 9.10. The lowest BCUT2D eigenvalue weighted by molar-refractivity contribution is 0.321. The van der Waals surface area contributed by atoms with Crippen LogP contribution >= 0.6 is 11.6 Å². The van der Waals surface area contributed by atoms with Crippen molar-refractivity contribution >= 4 is 23.1 Å². The van der Waals surface area contributed by atoms with Gasteiger partial charge in [-0.05, 0) is 37.6 Å². The van der Waals surface area contributed by atoms with E-state index in [1.165, 1.54) is 6.07 Å². The quantitative estimate of drug-likeness (QED) is 0.868. The molecular formula is C13H13ClFN3O. The van der Waals surface area contributed by atoms with E-state index >= 15 is 0 Å². The highest BCUT2D eigenvalue weighted by atomic mass is 35.5. The minimum atomic E-state index is -0.426. The number of ether oxygens (including phenoxy) is 1. The van der Waals surface area contributed by atoms with Crippen molar-refractivity contribution in [1.29, 1.82) is 0 Å². The summed E-state index contributed by atoms with van der Waals surface area (Å²) in [6, 6.07) is 4.63. The van der Waals surface area contributed by atoms with Crippen LogP contribution in [0.25, 0.3) is 0 Å². The molecule has 0 atom stereocenters. The van der Waals surface area contributed by atoms with E-state index in [9.17, 15) is 4.39 Å². The molecule has 1 aromatic carbocycles.